The highest BCUT2D eigenvalue weighted by molar-refractivity contribution is 5.70. The van der Waals surface area contributed by atoms with Crippen LogP contribution in [0.3, 0.4) is 0 Å². The van der Waals surface area contributed by atoms with E-state index >= 15 is 0 Å². The summed E-state index contributed by atoms with van der Waals surface area (Å²) in [5.41, 5.74) is 2.48. The predicted octanol–water partition coefficient (Wildman–Crippen LogP) is 1.82. The third kappa shape index (κ3) is 2.31. The second kappa shape index (κ2) is 5.07. The molecule has 2 aromatic rings. The number of rotatable bonds is 3. The van der Waals surface area contributed by atoms with Gasteiger partial charge >= 0.3 is 5.97 Å². The van der Waals surface area contributed by atoms with E-state index in [1.807, 2.05) is 12.1 Å². The lowest BCUT2D eigenvalue weighted by Gasteiger charge is -2.20. The second-order valence-electron chi connectivity index (χ2n) is 5.32. The molecule has 1 N–H and O–H groups in total. The van der Waals surface area contributed by atoms with Gasteiger partial charge in [0, 0.05) is 19.4 Å². The molecule has 0 saturated carbocycles. The molecule has 2 heterocycles. The Kier molecular flexibility index (Phi) is 3.26. The van der Waals surface area contributed by atoms with Crippen molar-refractivity contribution in [3.8, 4) is 0 Å². The van der Waals surface area contributed by atoms with Crippen LogP contribution < -0.4 is 0 Å². The minimum atomic E-state index is -0.736. The van der Waals surface area contributed by atoms with Crippen LogP contribution >= 0.6 is 0 Å². The van der Waals surface area contributed by atoms with Crippen LogP contribution in [0.25, 0.3) is 0 Å². The summed E-state index contributed by atoms with van der Waals surface area (Å²) in [6.45, 7) is 2.78. The number of aryl methyl sites for hydroxylation is 1. The molecule has 5 heteroatoms. The first-order valence-electron chi connectivity index (χ1n) is 6.83. The van der Waals surface area contributed by atoms with Crippen LogP contribution in [0.2, 0.25) is 0 Å². The van der Waals surface area contributed by atoms with E-state index in [9.17, 15) is 4.79 Å². The van der Waals surface area contributed by atoms with Crippen molar-refractivity contribution in [3.05, 3.63) is 47.0 Å². The van der Waals surface area contributed by atoms with E-state index in [2.05, 4.69) is 33.8 Å². The number of carboxylic acids is 1. The Morgan fingerprint density at radius 3 is 2.95 bits per heavy atom. The number of hydrogen-bond acceptors (Lipinski definition) is 3. The predicted molar refractivity (Wildman–Crippen MR) is 73.5 cm³/mol. The first kappa shape index (κ1) is 12.8. The molecular weight excluding hydrogens is 254 g/mol. The van der Waals surface area contributed by atoms with Gasteiger partial charge in [0.2, 0.25) is 0 Å². The Morgan fingerprint density at radius 1 is 1.40 bits per heavy atom. The summed E-state index contributed by atoms with van der Waals surface area (Å²) in [5, 5.41) is 17.5. The summed E-state index contributed by atoms with van der Waals surface area (Å²) in [7, 11) is 0. The lowest BCUT2D eigenvalue weighted by atomic mass is 9.98. The number of aliphatic carboxylic acids is 1. The van der Waals surface area contributed by atoms with Crippen molar-refractivity contribution in [2.75, 3.05) is 0 Å². The van der Waals surface area contributed by atoms with Crippen LogP contribution in [-0.2, 0) is 24.2 Å². The third-order valence-electron chi connectivity index (χ3n) is 3.99. The molecule has 0 aliphatic carbocycles. The van der Waals surface area contributed by atoms with Crippen molar-refractivity contribution in [1.29, 1.82) is 0 Å². The van der Waals surface area contributed by atoms with Gasteiger partial charge in [-0.2, -0.15) is 0 Å². The molecule has 0 fully saturated rings. The Bertz CT molecular complexity index is 648. The molecule has 3 rings (SSSR count). The zero-order chi connectivity index (χ0) is 14.1. The van der Waals surface area contributed by atoms with Crippen molar-refractivity contribution in [2.45, 2.75) is 32.7 Å². The number of nitrogens with zero attached hydrogens (tertiary/aromatic N) is 3. The molecule has 104 valence electrons. The molecular formula is C15H17N3O2. The summed E-state index contributed by atoms with van der Waals surface area (Å²) in [4.78, 5) is 11.0. The van der Waals surface area contributed by atoms with Crippen LogP contribution in [0, 0.1) is 12.8 Å². The van der Waals surface area contributed by atoms with Gasteiger partial charge < -0.3 is 9.67 Å². The van der Waals surface area contributed by atoms with E-state index in [0.717, 1.165) is 18.1 Å². The van der Waals surface area contributed by atoms with Gasteiger partial charge in [0.1, 0.15) is 11.6 Å². The molecule has 1 aromatic carbocycles. The Hall–Kier alpha value is -2.17. The Balaban J connectivity index is 1.84. The standard InChI is InChI=1S/C15H17N3O2/c1-10-4-2-3-5-11(10)8-13-16-17-14-9-12(15(19)20)6-7-18(13)14/h2-5,12H,6-9H2,1H3,(H,19,20). The van der Waals surface area contributed by atoms with Gasteiger partial charge in [0.15, 0.2) is 0 Å². The van der Waals surface area contributed by atoms with E-state index in [1.54, 1.807) is 0 Å². The number of carbonyl (C=O) groups is 1. The van der Waals surface area contributed by atoms with Crippen LogP contribution in [0.1, 0.15) is 29.2 Å². The minimum absolute atomic E-state index is 0.321. The Labute approximate surface area is 117 Å². The summed E-state index contributed by atoms with van der Waals surface area (Å²) in [6, 6.07) is 8.23. The summed E-state index contributed by atoms with van der Waals surface area (Å²) >= 11 is 0. The number of hydrogen-bond donors (Lipinski definition) is 1. The van der Waals surface area contributed by atoms with E-state index in [1.165, 1.54) is 11.1 Å². The van der Waals surface area contributed by atoms with Crippen molar-refractivity contribution in [2.24, 2.45) is 5.92 Å². The quantitative estimate of drug-likeness (QED) is 0.924. The molecule has 1 atom stereocenters. The van der Waals surface area contributed by atoms with Crippen LogP contribution in [0.5, 0.6) is 0 Å². The average Bonchev–Trinajstić information content (AvgIpc) is 2.84. The van der Waals surface area contributed by atoms with Gasteiger partial charge in [-0.3, -0.25) is 4.79 Å². The molecule has 5 nitrogen and oxygen atoms in total. The van der Waals surface area contributed by atoms with E-state index in [0.29, 0.717) is 19.4 Å². The summed E-state index contributed by atoms with van der Waals surface area (Å²) < 4.78 is 2.08. The van der Waals surface area contributed by atoms with Gasteiger partial charge in [-0.15, -0.1) is 10.2 Å². The fourth-order valence-corrected chi connectivity index (χ4v) is 2.71. The first-order chi connectivity index (χ1) is 9.65. The molecule has 0 spiro atoms. The molecule has 0 saturated heterocycles. The lowest BCUT2D eigenvalue weighted by Crippen LogP contribution is -2.26. The third-order valence-corrected chi connectivity index (χ3v) is 3.99. The number of benzene rings is 1. The van der Waals surface area contributed by atoms with Crippen molar-refractivity contribution >= 4 is 5.97 Å². The topological polar surface area (TPSA) is 68.0 Å². The highest BCUT2D eigenvalue weighted by atomic mass is 16.4. The molecule has 1 unspecified atom stereocenters. The van der Waals surface area contributed by atoms with Crippen molar-refractivity contribution in [1.82, 2.24) is 14.8 Å². The zero-order valence-corrected chi connectivity index (χ0v) is 11.4. The van der Waals surface area contributed by atoms with Gasteiger partial charge in [0.05, 0.1) is 5.92 Å². The lowest BCUT2D eigenvalue weighted by molar-refractivity contribution is -0.142. The molecule has 20 heavy (non-hydrogen) atoms. The van der Waals surface area contributed by atoms with Gasteiger partial charge in [-0.1, -0.05) is 24.3 Å². The van der Waals surface area contributed by atoms with Crippen molar-refractivity contribution < 1.29 is 9.90 Å². The van der Waals surface area contributed by atoms with Crippen LogP contribution in [-0.4, -0.2) is 25.8 Å². The monoisotopic (exact) mass is 271 g/mol. The maximum Gasteiger partial charge on any atom is 0.307 e. The molecule has 1 aromatic heterocycles. The average molecular weight is 271 g/mol. The van der Waals surface area contributed by atoms with E-state index in [4.69, 9.17) is 5.11 Å². The van der Waals surface area contributed by atoms with Crippen LogP contribution in [0.4, 0.5) is 0 Å². The summed E-state index contributed by atoms with van der Waals surface area (Å²) in [5.74, 6) is 0.670. The maximum atomic E-state index is 11.0. The zero-order valence-electron chi connectivity index (χ0n) is 11.4. The number of fused-ring (bicyclic) bond motifs is 1. The number of aromatic nitrogens is 3. The smallest absolute Gasteiger partial charge is 0.307 e. The number of carboxylic acid groups (broad SMARTS) is 1. The fourth-order valence-electron chi connectivity index (χ4n) is 2.71. The molecule has 1 aliphatic heterocycles. The molecule has 0 bridgehead atoms. The van der Waals surface area contributed by atoms with Gasteiger partial charge in [0.25, 0.3) is 0 Å². The normalized spacial score (nSPS) is 17.8. The Morgan fingerprint density at radius 2 is 2.20 bits per heavy atom. The van der Waals surface area contributed by atoms with Gasteiger partial charge in [-0.25, -0.2) is 0 Å². The largest absolute Gasteiger partial charge is 0.481 e. The summed E-state index contributed by atoms with van der Waals surface area (Å²) in [6.07, 6.45) is 1.88. The van der Waals surface area contributed by atoms with E-state index in [-0.39, 0.29) is 5.92 Å². The first-order valence-corrected chi connectivity index (χ1v) is 6.83. The molecule has 1 aliphatic rings. The minimum Gasteiger partial charge on any atom is -0.481 e. The van der Waals surface area contributed by atoms with Crippen LogP contribution in [0.15, 0.2) is 24.3 Å². The maximum absolute atomic E-state index is 11.0. The van der Waals surface area contributed by atoms with E-state index < -0.39 is 5.97 Å². The highest BCUT2D eigenvalue weighted by Crippen LogP contribution is 2.22. The highest BCUT2D eigenvalue weighted by Gasteiger charge is 2.27. The SMILES string of the molecule is Cc1ccccc1Cc1nnc2n1CCC(C(=O)O)C2. The van der Waals surface area contributed by atoms with Crippen molar-refractivity contribution in [3.63, 3.8) is 0 Å². The molecule has 0 radical (unpaired) electrons. The fraction of sp³-hybridized carbons (Fsp3) is 0.400. The molecule has 0 amide bonds. The van der Waals surface area contributed by atoms with Gasteiger partial charge in [-0.05, 0) is 24.5 Å². The second-order valence-corrected chi connectivity index (χ2v) is 5.32.